The van der Waals surface area contributed by atoms with Gasteiger partial charge in [-0.1, -0.05) is 44.2 Å². The van der Waals surface area contributed by atoms with Crippen molar-refractivity contribution in [3.63, 3.8) is 0 Å². The molecule has 1 aliphatic heterocycles. The average Bonchev–Trinajstić information content (AvgIpc) is 2.68. The maximum atomic E-state index is 12.0. The molecule has 160 valence electrons. The van der Waals surface area contributed by atoms with Crippen LogP contribution in [0.1, 0.15) is 72.0 Å². The number of hydrogen-bond acceptors (Lipinski definition) is 5. The van der Waals surface area contributed by atoms with Crippen LogP contribution in [0.15, 0.2) is 42.5 Å². The fraction of sp³-hybridized carbons (Fsp3) is 0.565. The predicted molar refractivity (Wildman–Crippen MR) is 111 cm³/mol. The summed E-state index contributed by atoms with van der Waals surface area (Å²) in [5, 5.41) is 10.8. The number of aliphatic carboxylic acids is 1. The number of carbonyl (C=O) groups is 2. The summed E-state index contributed by atoms with van der Waals surface area (Å²) in [6.45, 7) is 10.5. The SMILES string of the molecule is CCC1(CC)CC(OC(=O)C=CC(=O)O)CC(C)(C)N1OC(C)c1ccccc1. The van der Waals surface area contributed by atoms with E-state index in [9.17, 15) is 9.59 Å². The second kappa shape index (κ2) is 9.55. The minimum absolute atomic E-state index is 0.106. The Balaban J connectivity index is 2.22. The average molecular weight is 404 g/mol. The molecule has 0 radical (unpaired) electrons. The van der Waals surface area contributed by atoms with Gasteiger partial charge in [0.15, 0.2) is 0 Å². The van der Waals surface area contributed by atoms with Crippen molar-refractivity contribution in [1.29, 1.82) is 0 Å². The molecule has 29 heavy (non-hydrogen) atoms. The van der Waals surface area contributed by atoms with Crippen molar-refractivity contribution in [3.8, 4) is 0 Å². The van der Waals surface area contributed by atoms with E-state index in [1.807, 2.05) is 25.1 Å². The Bertz CT molecular complexity index is 724. The lowest BCUT2D eigenvalue weighted by atomic mass is 9.75. The molecule has 2 rings (SSSR count). The van der Waals surface area contributed by atoms with E-state index < -0.39 is 11.9 Å². The molecule has 1 aliphatic rings. The third-order valence-corrected chi connectivity index (χ3v) is 5.81. The van der Waals surface area contributed by atoms with Gasteiger partial charge in [0.05, 0.1) is 0 Å². The smallest absolute Gasteiger partial charge is 0.331 e. The predicted octanol–water partition coefficient (Wildman–Crippen LogP) is 4.67. The van der Waals surface area contributed by atoms with Gasteiger partial charge in [-0.15, -0.1) is 0 Å². The lowest BCUT2D eigenvalue weighted by Gasteiger charge is -2.56. The van der Waals surface area contributed by atoms with Gasteiger partial charge in [0, 0.05) is 36.1 Å². The summed E-state index contributed by atoms with van der Waals surface area (Å²) in [7, 11) is 0. The van der Waals surface area contributed by atoms with Gasteiger partial charge in [-0.2, -0.15) is 5.06 Å². The summed E-state index contributed by atoms with van der Waals surface area (Å²) < 4.78 is 5.60. The van der Waals surface area contributed by atoms with Crippen molar-refractivity contribution < 1.29 is 24.3 Å². The molecule has 0 spiro atoms. The first-order valence-corrected chi connectivity index (χ1v) is 10.3. The van der Waals surface area contributed by atoms with E-state index in [0.717, 1.165) is 30.6 Å². The highest BCUT2D eigenvalue weighted by molar-refractivity contribution is 5.90. The summed E-state index contributed by atoms with van der Waals surface area (Å²) >= 11 is 0. The van der Waals surface area contributed by atoms with Crippen LogP contribution in [0.2, 0.25) is 0 Å². The number of rotatable bonds is 8. The van der Waals surface area contributed by atoms with Crippen LogP contribution in [0.4, 0.5) is 0 Å². The number of carboxylic acids is 1. The van der Waals surface area contributed by atoms with Crippen molar-refractivity contribution in [2.24, 2.45) is 0 Å². The van der Waals surface area contributed by atoms with E-state index in [2.05, 4.69) is 44.9 Å². The first kappa shape index (κ1) is 23.1. The highest BCUT2D eigenvalue weighted by Gasteiger charge is 2.51. The Kier molecular flexibility index (Phi) is 7.60. The number of hydroxylamine groups is 2. The van der Waals surface area contributed by atoms with E-state index in [1.54, 1.807) is 0 Å². The van der Waals surface area contributed by atoms with Crippen molar-refractivity contribution in [3.05, 3.63) is 48.0 Å². The van der Waals surface area contributed by atoms with Crippen molar-refractivity contribution in [2.75, 3.05) is 0 Å². The largest absolute Gasteiger partial charge is 0.478 e. The zero-order valence-corrected chi connectivity index (χ0v) is 18.1. The van der Waals surface area contributed by atoms with Crippen LogP contribution in [0, 0.1) is 0 Å². The number of benzene rings is 1. The fourth-order valence-electron chi connectivity index (χ4n) is 4.31. The zero-order chi connectivity index (χ0) is 21.7. The van der Waals surface area contributed by atoms with Gasteiger partial charge in [0.1, 0.15) is 12.2 Å². The minimum Gasteiger partial charge on any atom is -0.478 e. The third kappa shape index (κ3) is 5.67. The fourth-order valence-corrected chi connectivity index (χ4v) is 4.31. The molecule has 6 nitrogen and oxygen atoms in total. The number of ether oxygens (including phenoxy) is 1. The van der Waals surface area contributed by atoms with E-state index in [-0.39, 0.29) is 23.3 Å². The number of nitrogens with zero attached hydrogens (tertiary/aromatic N) is 1. The van der Waals surface area contributed by atoms with Gasteiger partial charge in [-0.25, -0.2) is 9.59 Å². The summed E-state index contributed by atoms with van der Waals surface area (Å²) in [6, 6.07) is 10.1. The van der Waals surface area contributed by atoms with Gasteiger partial charge in [-0.3, -0.25) is 4.84 Å². The van der Waals surface area contributed by atoms with Gasteiger partial charge < -0.3 is 9.84 Å². The number of carboxylic acid groups (broad SMARTS) is 1. The highest BCUT2D eigenvalue weighted by Crippen LogP contribution is 2.45. The molecule has 1 saturated heterocycles. The molecular weight excluding hydrogens is 370 g/mol. The molecule has 0 saturated carbocycles. The van der Waals surface area contributed by atoms with E-state index in [0.29, 0.717) is 12.8 Å². The van der Waals surface area contributed by atoms with Crippen LogP contribution in [0.3, 0.4) is 0 Å². The molecule has 1 fully saturated rings. The first-order chi connectivity index (χ1) is 13.6. The van der Waals surface area contributed by atoms with Crippen molar-refractivity contribution in [1.82, 2.24) is 5.06 Å². The van der Waals surface area contributed by atoms with E-state index in [4.69, 9.17) is 14.7 Å². The Hall–Kier alpha value is -2.18. The topological polar surface area (TPSA) is 76.1 Å². The first-order valence-electron chi connectivity index (χ1n) is 10.3. The van der Waals surface area contributed by atoms with Crippen LogP contribution in [0.25, 0.3) is 0 Å². The molecule has 1 N–H and O–H groups in total. The van der Waals surface area contributed by atoms with Gasteiger partial charge in [-0.05, 0) is 39.2 Å². The number of piperidine rings is 1. The molecule has 2 atom stereocenters. The normalized spacial score (nSPS) is 22.3. The Morgan fingerprint density at radius 1 is 1.17 bits per heavy atom. The number of esters is 1. The number of hydrogen-bond donors (Lipinski definition) is 1. The standard InChI is InChI=1S/C23H33NO5/c1-6-23(7-2)16-19(28-21(27)14-13-20(25)26)15-22(4,5)24(23)29-17(3)18-11-9-8-10-12-18/h8-14,17,19H,6-7,15-16H2,1-5H3,(H,25,26). The summed E-state index contributed by atoms with van der Waals surface area (Å²) in [5.74, 6) is -1.79. The summed E-state index contributed by atoms with van der Waals surface area (Å²) in [6.07, 6.45) is 4.28. The molecule has 0 aromatic heterocycles. The minimum atomic E-state index is -1.17. The van der Waals surface area contributed by atoms with Crippen molar-refractivity contribution >= 4 is 11.9 Å². The third-order valence-electron chi connectivity index (χ3n) is 5.81. The zero-order valence-electron chi connectivity index (χ0n) is 18.1. The molecule has 6 heteroatoms. The maximum absolute atomic E-state index is 12.0. The molecule has 1 aromatic carbocycles. The molecule has 1 heterocycles. The summed E-state index contributed by atoms with van der Waals surface area (Å²) in [4.78, 5) is 29.2. The number of carbonyl (C=O) groups excluding carboxylic acids is 1. The van der Waals surface area contributed by atoms with Crippen molar-refractivity contribution in [2.45, 2.75) is 83.6 Å². The van der Waals surface area contributed by atoms with Gasteiger partial charge >= 0.3 is 11.9 Å². The molecule has 0 amide bonds. The van der Waals surface area contributed by atoms with Crippen LogP contribution in [-0.4, -0.2) is 39.3 Å². The molecule has 2 unspecified atom stereocenters. The van der Waals surface area contributed by atoms with Crippen LogP contribution >= 0.6 is 0 Å². The summed E-state index contributed by atoms with van der Waals surface area (Å²) in [5.41, 5.74) is 0.456. The molecular formula is C23H33NO5. The van der Waals surface area contributed by atoms with Crippen LogP contribution < -0.4 is 0 Å². The Morgan fingerprint density at radius 3 is 2.34 bits per heavy atom. The lowest BCUT2D eigenvalue weighted by molar-refractivity contribution is -0.323. The Labute approximate surface area is 173 Å². The quantitative estimate of drug-likeness (QED) is 0.502. The molecule has 0 aliphatic carbocycles. The van der Waals surface area contributed by atoms with Crippen LogP contribution in [0.5, 0.6) is 0 Å². The van der Waals surface area contributed by atoms with E-state index >= 15 is 0 Å². The second-order valence-corrected chi connectivity index (χ2v) is 8.34. The molecule has 1 aromatic rings. The van der Waals surface area contributed by atoms with Gasteiger partial charge in [0.25, 0.3) is 0 Å². The lowest BCUT2D eigenvalue weighted by Crippen LogP contribution is -2.64. The molecule has 0 bridgehead atoms. The Morgan fingerprint density at radius 2 is 1.79 bits per heavy atom. The maximum Gasteiger partial charge on any atom is 0.331 e. The highest BCUT2D eigenvalue weighted by atomic mass is 16.7. The monoisotopic (exact) mass is 403 g/mol. The van der Waals surface area contributed by atoms with E-state index in [1.165, 1.54) is 0 Å². The van der Waals surface area contributed by atoms with Gasteiger partial charge in [0.2, 0.25) is 0 Å². The van der Waals surface area contributed by atoms with Crippen LogP contribution in [-0.2, 0) is 19.2 Å². The second-order valence-electron chi connectivity index (χ2n) is 8.34.